The normalized spacial score (nSPS) is 14.9. The van der Waals surface area contributed by atoms with Gasteiger partial charge in [0.1, 0.15) is 5.71 Å². The lowest BCUT2D eigenvalue weighted by Gasteiger charge is -2.41. The van der Waals surface area contributed by atoms with E-state index in [0.717, 1.165) is 29.9 Å². The Hall–Kier alpha value is -2.68. The SMILES string of the molecule is CCOC(=O)c1ccc(CCC(=O)CON=C(c2ccc(SC)cc2)C(C)(C)N2CCOCC2)cc1. The van der Waals surface area contributed by atoms with Gasteiger partial charge in [-0.25, -0.2) is 4.79 Å². The van der Waals surface area contributed by atoms with Crippen LogP contribution in [0.2, 0.25) is 0 Å². The lowest BCUT2D eigenvalue weighted by molar-refractivity contribution is -0.123. The van der Waals surface area contributed by atoms with Crippen LogP contribution in [-0.4, -0.2) is 73.7 Å². The average Bonchev–Trinajstić information content (AvgIpc) is 2.91. The number of nitrogens with zero attached hydrogens (tertiary/aromatic N) is 2. The molecule has 194 valence electrons. The van der Waals surface area contributed by atoms with Crippen LogP contribution in [0.15, 0.2) is 58.6 Å². The molecule has 8 heteroatoms. The van der Waals surface area contributed by atoms with Gasteiger partial charge in [0.15, 0.2) is 12.4 Å². The molecular formula is C28H36N2O5S. The summed E-state index contributed by atoms with van der Waals surface area (Å²) >= 11 is 1.69. The highest BCUT2D eigenvalue weighted by Crippen LogP contribution is 2.25. The molecule has 0 saturated carbocycles. The monoisotopic (exact) mass is 512 g/mol. The lowest BCUT2D eigenvalue weighted by Crippen LogP contribution is -2.54. The summed E-state index contributed by atoms with van der Waals surface area (Å²) in [6, 6.07) is 15.4. The number of carbonyl (C=O) groups is 2. The smallest absolute Gasteiger partial charge is 0.338 e. The average molecular weight is 513 g/mol. The van der Waals surface area contributed by atoms with Gasteiger partial charge in [0.05, 0.1) is 30.9 Å². The summed E-state index contributed by atoms with van der Waals surface area (Å²) in [5.41, 5.74) is 2.85. The minimum Gasteiger partial charge on any atom is -0.462 e. The molecule has 2 aromatic rings. The molecule has 0 N–H and O–H groups in total. The number of benzene rings is 2. The van der Waals surface area contributed by atoms with Crippen molar-refractivity contribution in [3.63, 3.8) is 0 Å². The largest absolute Gasteiger partial charge is 0.462 e. The number of oxime groups is 1. The third-order valence-corrected chi connectivity index (χ3v) is 7.03. The molecule has 2 aromatic carbocycles. The van der Waals surface area contributed by atoms with Crippen molar-refractivity contribution in [1.82, 2.24) is 4.90 Å². The van der Waals surface area contributed by atoms with Crippen LogP contribution in [0.3, 0.4) is 0 Å². The number of thioether (sulfide) groups is 1. The van der Waals surface area contributed by atoms with E-state index in [1.807, 2.05) is 18.4 Å². The number of hydrogen-bond donors (Lipinski definition) is 0. The molecule has 3 rings (SSSR count). The summed E-state index contributed by atoms with van der Waals surface area (Å²) in [5.74, 6) is -0.375. The number of aryl methyl sites for hydroxylation is 1. The van der Waals surface area contributed by atoms with E-state index in [-0.39, 0.29) is 18.4 Å². The number of hydrogen-bond acceptors (Lipinski definition) is 8. The molecule has 0 unspecified atom stereocenters. The van der Waals surface area contributed by atoms with Gasteiger partial charge in [-0.15, -0.1) is 11.8 Å². The van der Waals surface area contributed by atoms with Gasteiger partial charge in [0.2, 0.25) is 0 Å². The van der Waals surface area contributed by atoms with Crippen molar-refractivity contribution < 1.29 is 23.9 Å². The van der Waals surface area contributed by atoms with E-state index >= 15 is 0 Å². The molecule has 0 aromatic heterocycles. The number of esters is 1. The number of ketones is 1. The van der Waals surface area contributed by atoms with Crippen LogP contribution in [0.25, 0.3) is 0 Å². The second kappa shape index (κ2) is 13.6. The molecule has 0 spiro atoms. The number of ether oxygens (including phenoxy) is 2. The zero-order chi connectivity index (χ0) is 26.0. The Kier molecular flexibility index (Phi) is 10.5. The van der Waals surface area contributed by atoms with E-state index in [1.54, 1.807) is 30.8 Å². The second-order valence-corrected chi connectivity index (χ2v) is 9.94. The van der Waals surface area contributed by atoms with Gasteiger partial charge in [-0.05, 0) is 63.3 Å². The van der Waals surface area contributed by atoms with E-state index in [1.165, 1.54) is 4.90 Å². The fourth-order valence-electron chi connectivity index (χ4n) is 4.09. The molecule has 1 heterocycles. The minimum atomic E-state index is -0.394. The highest BCUT2D eigenvalue weighted by molar-refractivity contribution is 7.98. The molecule has 7 nitrogen and oxygen atoms in total. The van der Waals surface area contributed by atoms with Crippen LogP contribution in [0, 0.1) is 0 Å². The molecule has 0 bridgehead atoms. The Morgan fingerprint density at radius 1 is 1.03 bits per heavy atom. The molecule has 36 heavy (non-hydrogen) atoms. The maximum absolute atomic E-state index is 12.5. The summed E-state index contributed by atoms with van der Waals surface area (Å²) in [6.07, 6.45) is 2.95. The Morgan fingerprint density at radius 2 is 1.67 bits per heavy atom. The van der Waals surface area contributed by atoms with Crippen molar-refractivity contribution in [1.29, 1.82) is 0 Å². The van der Waals surface area contributed by atoms with Crippen molar-refractivity contribution in [3.05, 3.63) is 65.2 Å². The van der Waals surface area contributed by atoms with Crippen LogP contribution in [-0.2, 0) is 25.5 Å². The van der Waals surface area contributed by atoms with Crippen LogP contribution in [0.4, 0.5) is 0 Å². The van der Waals surface area contributed by atoms with Crippen LogP contribution in [0.5, 0.6) is 0 Å². The molecule has 1 saturated heterocycles. The zero-order valence-corrected chi connectivity index (χ0v) is 22.4. The van der Waals surface area contributed by atoms with Crippen molar-refractivity contribution in [2.45, 2.75) is 44.0 Å². The molecule has 0 aliphatic carbocycles. The highest BCUT2D eigenvalue weighted by atomic mass is 32.2. The zero-order valence-electron chi connectivity index (χ0n) is 21.6. The van der Waals surface area contributed by atoms with Gasteiger partial charge in [0.25, 0.3) is 0 Å². The summed E-state index contributed by atoms with van der Waals surface area (Å²) in [6.45, 7) is 9.27. The standard InChI is InChI=1S/C28H36N2O5S/c1-5-34-27(32)23-9-6-21(7-10-23)8-13-24(31)20-35-29-26(22-11-14-25(36-4)15-12-22)28(2,3)30-16-18-33-19-17-30/h6-7,9-12,14-15H,5,8,13,16-20H2,1-4H3. The fraction of sp³-hybridized carbons (Fsp3) is 0.464. The Bertz CT molecular complexity index is 1030. The lowest BCUT2D eigenvalue weighted by atomic mass is 9.90. The van der Waals surface area contributed by atoms with Crippen LogP contribution in [0.1, 0.15) is 48.7 Å². The topological polar surface area (TPSA) is 77.4 Å². The van der Waals surface area contributed by atoms with Crippen molar-refractivity contribution in [2.24, 2.45) is 5.16 Å². The second-order valence-electron chi connectivity index (χ2n) is 9.06. The van der Waals surface area contributed by atoms with Crippen molar-refractivity contribution in [3.8, 4) is 0 Å². The quantitative estimate of drug-likeness (QED) is 0.178. The molecule has 0 amide bonds. The molecule has 1 fully saturated rings. The Labute approximate surface area is 218 Å². The number of morpholine rings is 1. The summed E-state index contributed by atoms with van der Waals surface area (Å²) in [7, 11) is 0. The molecular weight excluding hydrogens is 476 g/mol. The predicted molar refractivity (Wildman–Crippen MR) is 143 cm³/mol. The first-order valence-corrected chi connectivity index (χ1v) is 13.5. The first kappa shape index (κ1) is 27.9. The van der Waals surface area contributed by atoms with Gasteiger partial charge >= 0.3 is 5.97 Å². The molecule has 1 aliphatic rings. The van der Waals surface area contributed by atoms with Gasteiger partial charge in [0, 0.05) is 30.0 Å². The fourth-order valence-corrected chi connectivity index (χ4v) is 4.49. The molecule has 0 atom stereocenters. The van der Waals surface area contributed by atoms with Gasteiger partial charge in [-0.2, -0.15) is 0 Å². The molecule has 1 aliphatic heterocycles. The van der Waals surface area contributed by atoms with E-state index in [2.05, 4.69) is 48.2 Å². The van der Waals surface area contributed by atoms with E-state index < -0.39 is 5.54 Å². The number of rotatable bonds is 12. The van der Waals surface area contributed by atoms with E-state index in [9.17, 15) is 9.59 Å². The first-order chi connectivity index (χ1) is 17.3. The summed E-state index contributed by atoms with van der Waals surface area (Å²) in [5, 5.41) is 4.49. The van der Waals surface area contributed by atoms with Crippen molar-refractivity contribution >= 4 is 29.2 Å². The highest BCUT2D eigenvalue weighted by Gasteiger charge is 2.35. The predicted octanol–water partition coefficient (Wildman–Crippen LogP) is 4.62. The third kappa shape index (κ3) is 7.66. The third-order valence-electron chi connectivity index (χ3n) is 6.28. The van der Waals surface area contributed by atoms with Crippen LogP contribution < -0.4 is 0 Å². The van der Waals surface area contributed by atoms with E-state index in [4.69, 9.17) is 14.3 Å². The maximum atomic E-state index is 12.5. The Morgan fingerprint density at radius 3 is 2.28 bits per heavy atom. The molecule has 0 radical (unpaired) electrons. The number of Topliss-reactive ketones (excluding diaryl/α,β-unsaturated/α-hetero) is 1. The van der Waals surface area contributed by atoms with Gasteiger partial charge in [-0.3, -0.25) is 9.69 Å². The maximum Gasteiger partial charge on any atom is 0.338 e. The van der Waals surface area contributed by atoms with Crippen LogP contribution >= 0.6 is 11.8 Å². The van der Waals surface area contributed by atoms with Gasteiger partial charge in [-0.1, -0.05) is 29.4 Å². The van der Waals surface area contributed by atoms with E-state index in [0.29, 0.717) is 38.2 Å². The Balaban J connectivity index is 1.63. The van der Waals surface area contributed by atoms with Gasteiger partial charge < -0.3 is 14.3 Å². The minimum absolute atomic E-state index is 0.0329. The first-order valence-electron chi connectivity index (χ1n) is 12.3. The summed E-state index contributed by atoms with van der Waals surface area (Å²) < 4.78 is 10.5. The summed E-state index contributed by atoms with van der Waals surface area (Å²) in [4.78, 5) is 33.5. The number of carbonyl (C=O) groups excluding carboxylic acids is 2. The van der Waals surface area contributed by atoms with Crippen molar-refractivity contribution in [2.75, 3.05) is 45.8 Å².